The van der Waals surface area contributed by atoms with Gasteiger partial charge in [-0.3, -0.25) is 0 Å². The monoisotopic (exact) mass is 357 g/mol. The molecule has 1 aliphatic heterocycles. The van der Waals surface area contributed by atoms with E-state index in [1.165, 1.54) is 6.07 Å². The molecule has 0 radical (unpaired) electrons. The third-order valence-electron chi connectivity index (χ3n) is 4.41. The van der Waals surface area contributed by atoms with E-state index in [1.807, 2.05) is 24.3 Å². The van der Waals surface area contributed by atoms with E-state index < -0.39 is 0 Å². The first kappa shape index (κ1) is 16.1. The first-order valence-electron chi connectivity index (χ1n) is 8.14. The Balaban J connectivity index is 1.63. The lowest BCUT2D eigenvalue weighted by Crippen LogP contribution is -2.31. The van der Waals surface area contributed by atoms with Gasteiger partial charge in [-0.2, -0.15) is 0 Å². The van der Waals surface area contributed by atoms with Crippen molar-refractivity contribution in [3.05, 3.63) is 82.1 Å². The molecule has 2 heterocycles. The first-order chi connectivity index (χ1) is 12.2. The highest BCUT2D eigenvalue weighted by molar-refractivity contribution is 6.31. The van der Waals surface area contributed by atoms with Gasteiger partial charge in [-0.25, -0.2) is 9.37 Å². The van der Waals surface area contributed by atoms with Gasteiger partial charge in [0.2, 0.25) is 0 Å². The molecule has 2 N–H and O–H groups in total. The van der Waals surface area contributed by atoms with Crippen LogP contribution in [0, 0.1) is 5.82 Å². The standard InChI is InChI=1S/C19H17ClFN3O/c20-14-5-3-6-15(21)13(14)10-25-17-7-2-1-4-12(17)18-19-16(8-9-22-18)23-11-24-19/h1-7,11,18,22H,8-10H2,(H,23,24)/t18-/m1/s1. The minimum absolute atomic E-state index is 0.0534. The second-order valence-electron chi connectivity index (χ2n) is 5.93. The molecule has 6 heteroatoms. The summed E-state index contributed by atoms with van der Waals surface area (Å²) in [5, 5.41) is 3.84. The summed E-state index contributed by atoms with van der Waals surface area (Å²) < 4.78 is 19.9. The van der Waals surface area contributed by atoms with Crippen LogP contribution in [0.15, 0.2) is 48.8 Å². The van der Waals surface area contributed by atoms with Crippen molar-refractivity contribution >= 4 is 11.6 Å². The number of ether oxygens (including phenoxy) is 1. The van der Waals surface area contributed by atoms with Crippen molar-refractivity contribution in [3.63, 3.8) is 0 Å². The molecular weight excluding hydrogens is 341 g/mol. The summed E-state index contributed by atoms with van der Waals surface area (Å²) in [6.07, 6.45) is 2.63. The number of aromatic nitrogens is 2. The molecule has 0 bridgehead atoms. The second-order valence-corrected chi connectivity index (χ2v) is 6.34. The Bertz CT molecular complexity index is 876. The van der Waals surface area contributed by atoms with Gasteiger partial charge >= 0.3 is 0 Å². The van der Waals surface area contributed by atoms with Crippen molar-refractivity contribution in [2.24, 2.45) is 0 Å². The SMILES string of the molecule is Fc1cccc(Cl)c1COc1ccccc1[C@H]1NCCc2[nH]cnc21. The summed E-state index contributed by atoms with van der Waals surface area (Å²) in [6.45, 7) is 0.927. The van der Waals surface area contributed by atoms with E-state index in [9.17, 15) is 4.39 Å². The summed E-state index contributed by atoms with van der Waals surface area (Å²) in [5.74, 6) is 0.325. The lowest BCUT2D eigenvalue weighted by Gasteiger charge is -2.25. The van der Waals surface area contributed by atoms with Gasteiger partial charge in [0.25, 0.3) is 0 Å². The molecular formula is C19H17ClFN3O. The molecule has 0 fully saturated rings. The number of para-hydroxylation sites is 1. The Labute approximate surface area is 150 Å². The minimum atomic E-state index is -0.365. The Kier molecular flexibility index (Phi) is 4.42. The number of imidazole rings is 1. The topological polar surface area (TPSA) is 49.9 Å². The van der Waals surface area contributed by atoms with Crippen LogP contribution >= 0.6 is 11.6 Å². The highest BCUT2D eigenvalue weighted by Crippen LogP contribution is 2.33. The van der Waals surface area contributed by atoms with E-state index in [1.54, 1.807) is 18.5 Å². The number of nitrogens with one attached hydrogen (secondary N) is 2. The normalized spacial score (nSPS) is 16.5. The molecule has 1 aliphatic rings. The Morgan fingerprint density at radius 2 is 2.08 bits per heavy atom. The lowest BCUT2D eigenvalue weighted by molar-refractivity contribution is 0.294. The molecule has 1 aromatic heterocycles. The first-order valence-corrected chi connectivity index (χ1v) is 8.52. The Hall–Kier alpha value is -2.37. The van der Waals surface area contributed by atoms with Gasteiger partial charge in [0.15, 0.2) is 0 Å². The third kappa shape index (κ3) is 3.13. The van der Waals surface area contributed by atoms with Gasteiger partial charge < -0.3 is 15.0 Å². The summed E-state index contributed by atoms with van der Waals surface area (Å²) in [6, 6.07) is 12.3. The Morgan fingerprint density at radius 1 is 1.20 bits per heavy atom. The number of halogens is 2. The molecule has 0 spiro atoms. The molecule has 4 nitrogen and oxygen atoms in total. The van der Waals surface area contributed by atoms with E-state index in [2.05, 4.69) is 15.3 Å². The fraction of sp³-hybridized carbons (Fsp3) is 0.211. The molecule has 1 atom stereocenters. The average Bonchev–Trinajstić information content (AvgIpc) is 3.10. The largest absolute Gasteiger partial charge is 0.488 e. The van der Waals surface area contributed by atoms with Gasteiger partial charge in [0.05, 0.1) is 23.1 Å². The lowest BCUT2D eigenvalue weighted by atomic mass is 9.97. The number of rotatable bonds is 4. The molecule has 0 amide bonds. The number of aromatic amines is 1. The van der Waals surface area contributed by atoms with Crippen molar-refractivity contribution in [3.8, 4) is 5.75 Å². The van der Waals surface area contributed by atoms with Crippen LogP contribution in [0.3, 0.4) is 0 Å². The maximum absolute atomic E-state index is 14.0. The predicted octanol–water partition coefficient (Wildman–Crippen LogP) is 4.02. The van der Waals surface area contributed by atoms with Crippen molar-refractivity contribution in [2.75, 3.05) is 6.54 Å². The highest BCUT2D eigenvalue weighted by Gasteiger charge is 2.26. The Morgan fingerprint density at radius 3 is 2.96 bits per heavy atom. The van der Waals surface area contributed by atoms with Crippen LogP contribution in [-0.2, 0) is 13.0 Å². The summed E-state index contributed by atoms with van der Waals surface area (Å²) >= 11 is 6.09. The maximum atomic E-state index is 14.0. The number of nitrogens with zero attached hydrogens (tertiary/aromatic N) is 1. The van der Waals surface area contributed by atoms with Gasteiger partial charge in [-0.15, -0.1) is 0 Å². The molecule has 0 saturated carbocycles. The van der Waals surface area contributed by atoms with E-state index in [0.29, 0.717) is 16.3 Å². The quantitative estimate of drug-likeness (QED) is 0.741. The minimum Gasteiger partial charge on any atom is -0.488 e. The van der Waals surface area contributed by atoms with E-state index in [0.717, 1.165) is 29.9 Å². The molecule has 25 heavy (non-hydrogen) atoms. The van der Waals surface area contributed by atoms with Crippen LogP contribution in [-0.4, -0.2) is 16.5 Å². The fourth-order valence-electron chi connectivity index (χ4n) is 3.15. The molecule has 0 aliphatic carbocycles. The molecule has 128 valence electrons. The van der Waals surface area contributed by atoms with Gasteiger partial charge in [0.1, 0.15) is 18.2 Å². The molecule has 2 aromatic carbocycles. The predicted molar refractivity (Wildman–Crippen MR) is 94.3 cm³/mol. The third-order valence-corrected chi connectivity index (χ3v) is 4.77. The fourth-order valence-corrected chi connectivity index (χ4v) is 3.36. The number of hydrogen-bond acceptors (Lipinski definition) is 3. The molecule has 0 saturated heterocycles. The van der Waals surface area contributed by atoms with E-state index in [4.69, 9.17) is 16.3 Å². The number of hydrogen-bond donors (Lipinski definition) is 2. The van der Waals surface area contributed by atoms with Crippen LogP contribution in [0.5, 0.6) is 5.75 Å². The zero-order valence-electron chi connectivity index (χ0n) is 13.4. The summed E-state index contributed by atoms with van der Waals surface area (Å²) in [7, 11) is 0. The number of H-pyrrole nitrogens is 1. The second kappa shape index (κ2) is 6.86. The number of fused-ring (bicyclic) bond motifs is 1. The van der Waals surface area contributed by atoms with Crippen LogP contribution in [0.2, 0.25) is 5.02 Å². The highest BCUT2D eigenvalue weighted by atomic mass is 35.5. The van der Waals surface area contributed by atoms with Crippen LogP contribution in [0.25, 0.3) is 0 Å². The van der Waals surface area contributed by atoms with E-state index >= 15 is 0 Å². The molecule has 0 unspecified atom stereocenters. The van der Waals surface area contributed by atoms with Crippen molar-refractivity contribution < 1.29 is 9.13 Å². The van der Waals surface area contributed by atoms with Crippen LogP contribution in [0.1, 0.15) is 28.6 Å². The van der Waals surface area contributed by atoms with Crippen molar-refractivity contribution in [1.29, 1.82) is 0 Å². The molecule has 3 aromatic rings. The smallest absolute Gasteiger partial charge is 0.131 e. The van der Waals surface area contributed by atoms with Crippen molar-refractivity contribution in [2.45, 2.75) is 19.1 Å². The molecule has 4 rings (SSSR count). The zero-order valence-corrected chi connectivity index (χ0v) is 14.2. The summed E-state index contributed by atoms with van der Waals surface area (Å²) in [4.78, 5) is 7.64. The van der Waals surface area contributed by atoms with Crippen LogP contribution in [0.4, 0.5) is 4.39 Å². The maximum Gasteiger partial charge on any atom is 0.131 e. The van der Waals surface area contributed by atoms with Gasteiger partial charge in [-0.05, 0) is 18.2 Å². The average molecular weight is 358 g/mol. The van der Waals surface area contributed by atoms with Gasteiger partial charge in [0, 0.05) is 29.8 Å². The van der Waals surface area contributed by atoms with Crippen molar-refractivity contribution in [1.82, 2.24) is 15.3 Å². The summed E-state index contributed by atoms with van der Waals surface area (Å²) in [5.41, 5.74) is 3.45. The van der Waals surface area contributed by atoms with E-state index in [-0.39, 0.29) is 18.5 Å². The van der Waals surface area contributed by atoms with Gasteiger partial charge in [-0.1, -0.05) is 35.9 Å². The van der Waals surface area contributed by atoms with Crippen LogP contribution < -0.4 is 10.1 Å². The number of benzene rings is 2. The zero-order chi connectivity index (χ0) is 17.2.